The molecule has 2 aromatic carbocycles. The molecule has 108 valence electrons. The molecule has 0 aliphatic rings. The van der Waals surface area contributed by atoms with Gasteiger partial charge in [0.05, 0.1) is 11.3 Å². The number of halogens is 3. The van der Waals surface area contributed by atoms with E-state index in [1.807, 2.05) is 0 Å². The zero-order valence-electron chi connectivity index (χ0n) is 11.0. The summed E-state index contributed by atoms with van der Waals surface area (Å²) in [5, 5.41) is 3.66. The van der Waals surface area contributed by atoms with Crippen molar-refractivity contribution in [2.75, 3.05) is 0 Å². The van der Waals surface area contributed by atoms with Crippen LogP contribution in [0.3, 0.4) is 0 Å². The summed E-state index contributed by atoms with van der Waals surface area (Å²) in [5.74, 6) is -2.76. The highest BCUT2D eigenvalue weighted by Gasteiger charge is 2.11. The first kappa shape index (κ1) is 14.8. The summed E-state index contributed by atoms with van der Waals surface area (Å²) in [4.78, 5) is 11.7. The Kier molecular flexibility index (Phi) is 4.37. The molecule has 0 saturated heterocycles. The summed E-state index contributed by atoms with van der Waals surface area (Å²) in [7, 11) is 0. The molecule has 6 heteroatoms. The summed E-state index contributed by atoms with van der Waals surface area (Å²) in [6.45, 7) is 1.40. The Hall–Kier alpha value is -2.63. The Morgan fingerprint density at radius 2 is 1.67 bits per heavy atom. The van der Waals surface area contributed by atoms with Crippen LogP contribution in [0.15, 0.2) is 47.6 Å². The molecular formula is C15H11F3N2O. The van der Waals surface area contributed by atoms with E-state index in [-0.39, 0.29) is 16.8 Å². The zero-order valence-corrected chi connectivity index (χ0v) is 11.0. The lowest BCUT2D eigenvalue weighted by Crippen LogP contribution is -2.20. The summed E-state index contributed by atoms with van der Waals surface area (Å²) in [6.07, 6.45) is 0. The molecule has 0 aliphatic carbocycles. The lowest BCUT2D eigenvalue weighted by atomic mass is 10.1. The molecule has 2 rings (SSSR count). The standard InChI is InChI=1S/C15H11F3N2O/c1-9(12-8-10(16)6-7-14(12)18)19-20-15(21)11-4-2-3-5-13(11)17/h2-8H,1H3,(H,20,21)/b19-9-. The first-order chi connectivity index (χ1) is 9.99. The number of carbonyl (C=O) groups excluding carboxylic acids is 1. The number of rotatable bonds is 3. The van der Waals surface area contributed by atoms with Crippen LogP contribution in [0.5, 0.6) is 0 Å². The summed E-state index contributed by atoms with van der Waals surface area (Å²) >= 11 is 0. The van der Waals surface area contributed by atoms with Crippen molar-refractivity contribution in [1.29, 1.82) is 0 Å². The van der Waals surface area contributed by atoms with Crippen LogP contribution >= 0.6 is 0 Å². The van der Waals surface area contributed by atoms with Gasteiger partial charge in [-0.25, -0.2) is 18.6 Å². The minimum absolute atomic E-state index is 0.0664. The van der Waals surface area contributed by atoms with Crippen LogP contribution in [-0.4, -0.2) is 11.6 Å². The van der Waals surface area contributed by atoms with Gasteiger partial charge in [0, 0.05) is 5.56 Å². The molecule has 1 N–H and O–H groups in total. The summed E-state index contributed by atoms with van der Waals surface area (Å²) in [5.41, 5.74) is 1.90. The third-order valence-corrected chi connectivity index (χ3v) is 2.76. The average molecular weight is 292 g/mol. The zero-order chi connectivity index (χ0) is 15.4. The van der Waals surface area contributed by atoms with Crippen LogP contribution in [-0.2, 0) is 0 Å². The van der Waals surface area contributed by atoms with E-state index in [0.29, 0.717) is 0 Å². The van der Waals surface area contributed by atoms with E-state index in [4.69, 9.17) is 0 Å². The lowest BCUT2D eigenvalue weighted by molar-refractivity contribution is 0.0951. The maximum atomic E-state index is 13.5. The van der Waals surface area contributed by atoms with Gasteiger partial charge in [-0.05, 0) is 37.3 Å². The van der Waals surface area contributed by atoms with Crippen molar-refractivity contribution in [3.8, 4) is 0 Å². The van der Waals surface area contributed by atoms with Gasteiger partial charge in [0.15, 0.2) is 0 Å². The Morgan fingerprint density at radius 3 is 2.38 bits per heavy atom. The van der Waals surface area contributed by atoms with Crippen LogP contribution in [0.25, 0.3) is 0 Å². The van der Waals surface area contributed by atoms with Gasteiger partial charge in [-0.2, -0.15) is 5.10 Å². The van der Waals surface area contributed by atoms with Crippen LogP contribution in [0.4, 0.5) is 13.2 Å². The van der Waals surface area contributed by atoms with E-state index in [2.05, 4.69) is 10.5 Å². The molecule has 0 aromatic heterocycles. The van der Waals surface area contributed by atoms with Gasteiger partial charge in [0.1, 0.15) is 17.5 Å². The summed E-state index contributed by atoms with van der Waals surface area (Å²) in [6, 6.07) is 8.27. The predicted octanol–water partition coefficient (Wildman–Crippen LogP) is 3.26. The number of amides is 1. The average Bonchev–Trinajstić information content (AvgIpc) is 2.47. The van der Waals surface area contributed by atoms with Gasteiger partial charge in [0.25, 0.3) is 5.91 Å². The van der Waals surface area contributed by atoms with Crippen LogP contribution in [0.2, 0.25) is 0 Å². The van der Waals surface area contributed by atoms with E-state index in [1.165, 1.54) is 25.1 Å². The lowest BCUT2D eigenvalue weighted by Gasteiger charge is -2.05. The first-order valence-electron chi connectivity index (χ1n) is 6.03. The number of carbonyl (C=O) groups is 1. The van der Waals surface area contributed by atoms with E-state index in [9.17, 15) is 18.0 Å². The molecular weight excluding hydrogens is 281 g/mol. The number of hydrazone groups is 1. The van der Waals surface area contributed by atoms with Crippen LogP contribution < -0.4 is 5.43 Å². The highest BCUT2D eigenvalue weighted by atomic mass is 19.1. The fraction of sp³-hybridized carbons (Fsp3) is 0.0667. The number of nitrogens with one attached hydrogen (secondary N) is 1. The van der Waals surface area contributed by atoms with Crippen molar-refractivity contribution in [3.63, 3.8) is 0 Å². The molecule has 0 saturated carbocycles. The number of hydrogen-bond acceptors (Lipinski definition) is 2. The highest BCUT2D eigenvalue weighted by Crippen LogP contribution is 2.11. The Balaban J connectivity index is 2.19. The molecule has 0 fully saturated rings. The predicted molar refractivity (Wildman–Crippen MR) is 72.4 cm³/mol. The molecule has 2 aromatic rings. The molecule has 0 atom stereocenters. The summed E-state index contributed by atoms with van der Waals surface area (Å²) < 4.78 is 40.0. The fourth-order valence-corrected chi connectivity index (χ4v) is 1.68. The minimum Gasteiger partial charge on any atom is -0.267 e. The van der Waals surface area contributed by atoms with Gasteiger partial charge >= 0.3 is 0 Å². The van der Waals surface area contributed by atoms with Crippen molar-refractivity contribution in [2.24, 2.45) is 5.10 Å². The van der Waals surface area contributed by atoms with E-state index in [1.54, 1.807) is 0 Å². The van der Waals surface area contributed by atoms with Gasteiger partial charge in [-0.3, -0.25) is 4.79 Å². The van der Waals surface area contributed by atoms with Crippen molar-refractivity contribution in [1.82, 2.24) is 5.43 Å². The maximum absolute atomic E-state index is 13.5. The quantitative estimate of drug-likeness (QED) is 0.684. The molecule has 0 aliphatic heterocycles. The van der Waals surface area contributed by atoms with Crippen LogP contribution in [0, 0.1) is 17.5 Å². The molecule has 0 heterocycles. The van der Waals surface area contributed by atoms with Crippen molar-refractivity contribution >= 4 is 11.6 Å². The molecule has 21 heavy (non-hydrogen) atoms. The number of nitrogens with zero attached hydrogens (tertiary/aromatic N) is 1. The van der Waals surface area contributed by atoms with E-state index < -0.39 is 23.4 Å². The molecule has 1 amide bonds. The van der Waals surface area contributed by atoms with Crippen molar-refractivity contribution < 1.29 is 18.0 Å². The smallest absolute Gasteiger partial charge is 0.267 e. The Labute approximate surface area is 119 Å². The second-order valence-electron chi connectivity index (χ2n) is 4.24. The molecule has 0 spiro atoms. The number of benzene rings is 2. The van der Waals surface area contributed by atoms with Gasteiger partial charge in [0.2, 0.25) is 0 Å². The van der Waals surface area contributed by atoms with Crippen molar-refractivity contribution in [3.05, 3.63) is 71.0 Å². The SMILES string of the molecule is C/C(=N/NC(=O)c1ccccc1F)c1cc(F)ccc1F. The first-order valence-corrected chi connectivity index (χ1v) is 6.03. The topological polar surface area (TPSA) is 41.5 Å². The van der Waals surface area contributed by atoms with E-state index >= 15 is 0 Å². The monoisotopic (exact) mass is 292 g/mol. The largest absolute Gasteiger partial charge is 0.274 e. The second-order valence-corrected chi connectivity index (χ2v) is 4.24. The molecule has 0 radical (unpaired) electrons. The third kappa shape index (κ3) is 3.47. The van der Waals surface area contributed by atoms with Gasteiger partial charge < -0.3 is 0 Å². The maximum Gasteiger partial charge on any atom is 0.274 e. The molecule has 0 bridgehead atoms. The minimum atomic E-state index is -0.774. The third-order valence-electron chi connectivity index (χ3n) is 2.76. The highest BCUT2D eigenvalue weighted by molar-refractivity contribution is 6.01. The second kappa shape index (κ2) is 6.21. The van der Waals surface area contributed by atoms with E-state index in [0.717, 1.165) is 24.3 Å². The fourth-order valence-electron chi connectivity index (χ4n) is 1.68. The molecule has 3 nitrogen and oxygen atoms in total. The number of hydrogen-bond donors (Lipinski definition) is 1. The van der Waals surface area contributed by atoms with Gasteiger partial charge in [-0.15, -0.1) is 0 Å². The Bertz CT molecular complexity index is 714. The van der Waals surface area contributed by atoms with Gasteiger partial charge in [-0.1, -0.05) is 12.1 Å². The Morgan fingerprint density at radius 1 is 1.00 bits per heavy atom. The van der Waals surface area contributed by atoms with Crippen molar-refractivity contribution in [2.45, 2.75) is 6.92 Å². The molecule has 0 unspecified atom stereocenters. The van der Waals surface area contributed by atoms with Crippen LogP contribution in [0.1, 0.15) is 22.8 Å². The normalized spacial score (nSPS) is 11.3.